The summed E-state index contributed by atoms with van der Waals surface area (Å²) in [7, 11) is 1.92. The Morgan fingerprint density at radius 1 is 1.25 bits per heavy atom. The molecule has 1 aromatic rings. The number of hydrogen-bond acceptors (Lipinski definition) is 5. The smallest absolute Gasteiger partial charge is 0.135 e. The molecule has 1 aliphatic carbocycles. The predicted molar refractivity (Wildman–Crippen MR) is 88.8 cm³/mol. The van der Waals surface area contributed by atoms with Crippen molar-refractivity contribution in [2.24, 2.45) is 0 Å². The van der Waals surface area contributed by atoms with Gasteiger partial charge in [0, 0.05) is 23.9 Å². The molecule has 2 N–H and O–H groups in total. The molecule has 0 aromatic carbocycles. The van der Waals surface area contributed by atoms with Gasteiger partial charge >= 0.3 is 0 Å². The van der Waals surface area contributed by atoms with Crippen LogP contribution in [0.5, 0.6) is 0 Å². The fraction of sp³-hybridized carbons (Fsp3) is 0.733. The van der Waals surface area contributed by atoms with E-state index in [9.17, 15) is 0 Å². The van der Waals surface area contributed by atoms with Crippen molar-refractivity contribution in [2.45, 2.75) is 56.7 Å². The minimum atomic E-state index is 0.404. The van der Waals surface area contributed by atoms with Crippen molar-refractivity contribution >= 4 is 23.4 Å². The maximum atomic E-state index is 4.48. The Labute approximate surface area is 126 Å². The van der Waals surface area contributed by atoms with E-state index in [4.69, 9.17) is 0 Å². The lowest BCUT2D eigenvalue weighted by Crippen LogP contribution is -2.29. The molecule has 5 heteroatoms. The molecular weight excluding hydrogens is 268 g/mol. The number of rotatable bonds is 5. The SMILES string of the molecule is CNc1ncnc(NC2CCCC(SC)C2)c1C(C)C. The van der Waals surface area contributed by atoms with Crippen LogP contribution in [-0.4, -0.2) is 34.6 Å². The number of aromatic nitrogens is 2. The lowest BCUT2D eigenvalue weighted by Gasteiger charge is -2.30. The van der Waals surface area contributed by atoms with Crippen LogP contribution in [0.25, 0.3) is 0 Å². The maximum absolute atomic E-state index is 4.48. The van der Waals surface area contributed by atoms with E-state index < -0.39 is 0 Å². The van der Waals surface area contributed by atoms with Gasteiger partial charge in [-0.15, -0.1) is 0 Å². The van der Waals surface area contributed by atoms with Gasteiger partial charge in [0.25, 0.3) is 0 Å². The third-order valence-corrected chi connectivity index (χ3v) is 5.09. The van der Waals surface area contributed by atoms with Gasteiger partial charge in [-0.2, -0.15) is 11.8 Å². The summed E-state index contributed by atoms with van der Waals surface area (Å²) in [4.78, 5) is 8.82. The number of nitrogens with zero attached hydrogens (tertiary/aromatic N) is 2. The molecule has 4 nitrogen and oxygen atoms in total. The summed E-state index contributed by atoms with van der Waals surface area (Å²) >= 11 is 1.99. The Morgan fingerprint density at radius 2 is 2.00 bits per heavy atom. The first-order valence-corrected chi connectivity index (χ1v) is 8.76. The highest BCUT2D eigenvalue weighted by Gasteiger charge is 2.23. The van der Waals surface area contributed by atoms with Crippen LogP contribution in [0.2, 0.25) is 0 Å². The molecule has 0 radical (unpaired) electrons. The van der Waals surface area contributed by atoms with Crippen LogP contribution in [0.3, 0.4) is 0 Å². The Hall–Kier alpha value is -0.970. The quantitative estimate of drug-likeness (QED) is 0.866. The summed E-state index contributed by atoms with van der Waals surface area (Å²) in [6.07, 6.45) is 9.00. The predicted octanol–water partition coefficient (Wildman–Crippen LogP) is 3.73. The highest BCUT2D eigenvalue weighted by molar-refractivity contribution is 7.99. The van der Waals surface area contributed by atoms with Gasteiger partial charge in [0.15, 0.2) is 0 Å². The molecule has 0 aliphatic heterocycles. The van der Waals surface area contributed by atoms with Crippen molar-refractivity contribution in [3.63, 3.8) is 0 Å². The highest BCUT2D eigenvalue weighted by atomic mass is 32.2. The van der Waals surface area contributed by atoms with Crippen LogP contribution in [0.15, 0.2) is 6.33 Å². The van der Waals surface area contributed by atoms with E-state index in [0.29, 0.717) is 12.0 Å². The van der Waals surface area contributed by atoms with Crippen LogP contribution in [0.4, 0.5) is 11.6 Å². The molecule has 0 amide bonds. The number of hydrogen-bond donors (Lipinski definition) is 2. The lowest BCUT2D eigenvalue weighted by atomic mass is 9.94. The average molecular weight is 294 g/mol. The summed E-state index contributed by atoms with van der Waals surface area (Å²) in [5.74, 6) is 2.35. The van der Waals surface area contributed by atoms with Gasteiger partial charge in [0.05, 0.1) is 0 Å². The second-order valence-corrected chi connectivity index (χ2v) is 6.89. The molecule has 1 heterocycles. The normalized spacial score (nSPS) is 22.9. The van der Waals surface area contributed by atoms with Gasteiger partial charge in [-0.05, 0) is 31.4 Å². The average Bonchev–Trinajstić information content (AvgIpc) is 2.46. The minimum Gasteiger partial charge on any atom is -0.373 e. The topological polar surface area (TPSA) is 49.8 Å². The van der Waals surface area contributed by atoms with E-state index >= 15 is 0 Å². The number of thioether (sulfide) groups is 1. The second kappa shape index (κ2) is 7.16. The van der Waals surface area contributed by atoms with E-state index in [2.05, 4.69) is 40.7 Å². The number of anilines is 2. The summed E-state index contributed by atoms with van der Waals surface area (Å²) in [5.41, 5.74) is 1.20. The summed E-state index contributed by atoms with van der Waals surface area (Å²) in [6.45, 7) is 4.38. The minimum absolute atomic E-state index is 0.404. The zero-order chi connectivity index (χ0) is 14.5. The van der Waals surface area contributed by atoms with E-state index in [1.807, 2.05) is 18.8 Å². The Morgan fingerprint density at radius 3 is 2.65 bits per heavy atom. The Balaban J connectivity index is 2.16. The third-order valence-electron chi connectivity index (χ3n) is 4.00. The van der Waals surface area contributed by atoms with Crippen LogP contribution in [0.1, 0.15) is 51.0 Å². The third kappa shape index (κ3) is 3.57. The first-order valence-electron chi connectivity index (χ1n) is 7.47. The van der Waals surface area contributed by atoms with Crippen molar-refractivity contribution in [2.75, 3.05) is 23.9 Å². The molecule has 0 saturated heterocycles. The van der Waals surface area contributed by atoms with Gasteiger partial charge in [0.1, 0.15) is 18.0 Å². The molecule has 0 bridgehead atoms. The van der Waals surface area contributed by atoms with E-state index in [1.165, 1.54) is 31.2 Å². The summed E-state index contributed by atoms with van der Waals surface area (Å²) < 4.78 is 0. The summed E-state index contributed by atoms with van der Waals surface area (Å²) in [5, 5.41) is 7.63. The molecule has 112 valence electrons. The van der Waals surface area contributed by atoms with Crippen molar-refractivity contribution in [3.05, 3.63) is 11.9 Å². The fourth-order valence-corrected chi connectivity index (χ4v) is 3.77. The molecule has 2 rings (SSSR count). The van der Waals surface area contributed by atoms with Gasteiger partial charge in [-0.25, -0.2) is 9.97 Å². The fourth-order valence-electron chi connectivity index (χ4n) is 2.94. The van der Waals surface area contributed by atoms with Crippen molar-refractivity contribution < 1.29 is 0 Å². The van der Waals surface area contributed by atoms with E-state index in [-0.39, 0.29) is 0 Å². The molecule has 1 aliphatic rings. The zero-order valence-electron chi connectivity index (χ0n) is 12.9. The zero-order valence-corrected chi connectivity index (χ0v) is 13.8. The molecule has 1 fully saturated rings. The number of nitrogens with one attached hydrogen (secondary N) is 2. The molecular formula is C15H26N4S. The van der Waals surface area contributed by atoms with Crippen molar-refractivity contribution in [1.82, 2.24) is 9.97 Å². The van der Waals surface area contributed by atoms with Crippen LogP contribution < -0.4 is 10.6 Å². The van der Waals surface area contributed by atoms with Gasteiger partial charge in [-0.3, -0.25) is 0 Å². The monoisotopic (exact) mass is 294 g/mol. The van der Waals surface area contributed by atoms with E-state index in [0.717, 1.165) is 16.9 Å². The highest BCUT2D eigenvalue weighted by Crippen LogP contribution is 2.32. The van der Waals surface area contributed by atoms with Crippen molar-refractivity contribution in [1.29, 1.82) is 0 Å². The molecule has 20 heavy (non-hydrogen) atoms. The Bertz CT molecular complexity index is 436. The van der Waals surface area contributed by atoms with Crippen LogP contribution in [-0.2, 0) is 0 Å². The van der Waals surface area contributed by atoms with Crippen LogP contribution >= 0.6 is 11.8 Å². The first kappa shape index (κ1) is 15.4. The summed E-state index contributed by atoms with van der Waals surface area (Å²) in [6, 6.07) is 0.540. The second-order valence-electron chi connectivity index (χ2n) is 5.75. The van der Waals surface area contributed by atoms with Gasteiger partial charge < -0.3 is 10.6 Å². The molecule has 1 aromatic heterocycles. The van der Waals surface area contributed by atoms with Crippen molar-refractivity contribution in [3.8, 4) is 0 Å². The van der Waals surface area contributed by atoms with Gasteiger partial charge in [0.2, 0.25) is 0 Å². The molecule has 0 spiro atoms. The maximum Gasteiger partial charge on any atom is 0.135 e. The van der Waals surface area contributed by atoms with Crippen LogP contribution in [0, 0.1) is 0 Å². The van der Waals surface area contributed by atoms with Gasteiger partial charge in [-0.1, -0.05) is 20.3 Å². The molecule has 1 saturated carbocycles. The first-order chi connectivity index (χ1) is 9.65. The Kier molecular flexibility index (Phi) is 5.52. The molecule has 2 atom stereocenters. The largest absolute Gasteiger partial charge is 0.373 e. The lowest BCUT2D eigenvalue weighted by molar-refractivity contribution is 0.472. The standard InChI is InChI=1S/C15H26N4S/c1-10(2)13-14(16-3)17-9-18-15(13)19-11-6-5-7-12(8-11)20-4/h9-12H,5-8H2,1-4H3,(H2,16,17,18,19). The molecule has 2 unspecified atom stereocenters. The van der Waals surface area contributed by atoms with E-state index in [1.54, 1.807) is 6.33 Å².